The number of hydrogen-bond donors (Lipinski definition) is 1. The molecule has 4 rings (SSSR count). The lowest BCUT2D eigenvalue weighted by atomic mass is 9.96. The monoisotopic (exact) mass is 587 g/mol. The summed E-state index contributed by atoms with van der Waals surface area (Å²) in [5.74, 6) is 0.406. The van der Waals surface area contributed by atoms with Gasteiger partial charge in [-0.25, -0.2) is 4.79 Å². The van der Waals surface area contributed by atoms with E-state index in [0.717, 1.165) is 50.4 Å². The first kappa shape index (κ1) is 29.7. The molecule has 40 heavy (non-hydrogen) atoms. The number of aromatic nitrogens is 5. The number of aryl methyl sites for hydroxylation is 4. The highest BCUT2D eigenvalue weighted by Gasteiger charge is 2.28. The zero-order valence-electron chi connectivity index (χ0n) is 23.6. The molecule has 3 heterocycles. The van der Waals surface area contributed by atoms with Crippen LogP contribution >= 0.6 is 23.4 Å². The minimum absolute atomic E-state index is 0.0626. The third-order valence-electron chi connectivity index (χ3n) is 7.11. The van der Waals surface area contributed by atoms with Gasteiger partial charge in [0.25, 0.3) is 0 Å². The van der Waals surface area contributed by atoms with Crippen LogP contribution in [0.4, 0.5) is 0 Å². The molecule has 0 amide bonds. The quantitative estimate of drug-likeness (QED) is 0.254. The minimum Gasteiger partial charge on any atom is -0.469 e. The van der Waals surface area contributed by atoms with E-state index in [9.17, 15) is 14.7 Å². The van der Waals surface area contributed by atoms with Crippen molar-refractivity contribution in [1.82, 2.24) is 24.1 Å². The lowest BCUT2D eigenvalue weighted by Gasteiger charge is -2.12. The lowest BCUT2D eigenvalue weighted by Crippen LogP contribution is -2.15. The van der Waals surface area contributed by atoms with Crippen LogP contribution in [0.2, 0.25) is 5.02 Å². The molecule has 3 aromatic heterocycles. The van der Waals surface area contributed by atoms with Gasteiger partial charge < -0.3 is 19.1 Å². The molecule has 1 aromatic carbocycles. The number of hydrogen-bond acceptors (Lipinski definition) is 8. The Hall–Kier alpha value is -3.28. The maximum Gasteiger partial charge on any atom is 0.354 e. The molecule has 0 spiro atoms. The predicted molar refractivity (Wildman–Crippen MR) is 155 cm³/mol. The van der Waals surface area contributed by atoms with Crippen molar-refractivity contribution in [2.75, 3.05) is 14.2 Å². The highest BCUT2D eigenvalue weighted by atomic mass is 35.5. The van der Waals surface area contributed by atoms with Crippen molar-refractivity contribution >= 4 is 46.2 Å². The Morgan fingerprint density at radius 1 is 1.07 bits per heavy atom. The number of ether oxygens (including phenoxy) is 2. The number of aliphatic hydroxyl groups excluding tert-OH is 1. The summed E-state index contributed by atoms with van der Waals surface area (Å²) in [6, 6.07) is 5.60. The second kappa shape index (κ2) is 12.5. The topological polar surface area (TPSA) is 113 Å². The normalized spacial score (nSPS) is 11.4. The fourth-order valence-electron chi connectivity index (χ4n) is 5.10. The van der Waals surface area contributed by atoms with Crippen molar-refractivity contribution in [3.05, 3.63) is 57.3 Å². The number of carbonyl (C=O) groups is 2. The molecule has 0 bridgehead atoms. The number of esters is 2. The van der Waals surface area contributed by atoms with E-state index in [4.69, 9.17) is 26.2 Å². The molecule has 0 radical (unpaired) electrons. The van der Waals surface area contributed by atoms with Gasteiger partial charge in [0.05, 0.1) is 44.3 Å². The number of aliphatic hydroxyl groups is 1. The van der Waals surface area contributed by atoms with Crippen molar-refractivity contribution in [3.8, 4) is 11.1 Å². The van der Waals surface area contributed by atoms with Crippen molar-refractivity contribution in [1.29, 1.82) is 0 Å². The molecule has 12 heteroatoms. The summed E-state index contributed by atoms with van der Waals surface area (Å²) in [5, 5.41) is 20.2. The summed E-state index contributed by atoms with van der Waals surface area (Å²) < 4.78 is 15.4. The van der Waals surface area contributed by atoms with Crippen molar-refractivity contribution < 1.29 is 24.2 Å². The number of benzene rings is 1. The van der Waals surface area contributed by atoms with E-state index in [-0.39, 0.29) is 25.5 Å². The predicted octanol–water partition coefficient (Wildman–Crippen LogP) is 4.57. The smallest absolute Gasteiger partial charge is 0.354 e. The first-order valence-electron chi connectivity index (χ1n) is 12.9. The highest BCUT2D eigenvalue weighted by molar-refractivity contribution is 7.97. The van der Waals surface area contributed by atoms with Gasteiger partial charge in [-0.15, -0.1) is 11.8 Å². The number of methoxy groups -OCH3 is 2. The molecule has 1 N–H and O–H groups in total. The lowest BCUT2D eigenvalue weighted by molar-refractivity contribution is -0.140. The van der Waals surface area contributed by atoms with Crippen LogP contribution in [0.1, 0.15) is 52.2 Å². The summed E-state index contributed by atoms with van der Waals surface area (Å²) in [6.45, 7) is 4.17. The van der Waals surface area contributed by atoms with Crippen LogP contribution in [-0.2, 0) is 59.4 Å². The summed E-state index contributed by atoms with van der Waals surface area (Å²) in [6.07, 6.45) is 0.653. The van der Waals surface area contributed by atoms with Crippen LogP contribution in [0.15, 0.2) is 18.2 Å². The van der Waals surface area contributed by atoms with Crippen molar-refractivity contribution in [2.24, 2.45) is 14.1 Å². The number of fused-ring (bicyclic) bond motifs is 1. The first-order chi connectivity index (χ1) is 19.2. The highest BCUT2D eigenvalue weighted by Crippen LogP contribution is 2.43. The van der Waals surface area contributed by atoms with E-state index < -0.39 is 5.97 Å². The summed E-state index contributed by atoms with van der Waals surface area (Å²) >= 11 is 8.60. The molecular weight excluding hydrogens is 554 g/mol. The number of rotatable bonds is 11. The zero-order valence-corrected chi connectivity index (χ0v) is 25.1. The fourth-order valence-corrected chi connectivity index (χ4v) is 6.20. The SMILES string of the molecule is CCc1c(C(=O)OC)n(CCC(=O)OC)c2ccc(Cl)c(-c3c(CSCc4cc(CO)n(C)n4)nn(C)c3C)c12. The Balaban J connectivity index is 1.85. The van der Waals surface area contributed by atoms with Gasteiger partial charge in [-0.2, -0.15) is 10.2 Å². The van der Waals surface area contributed by atoms with Crippen LogP contribution in [0.25, 0.3) is 22.0 Å². The van der Waals surface area contributed by atoms with E-state index >= 15 is 0 Å². The number of thioether (sulfide) groups is 1. The molecule has 214 valence electrons. The maximum absolute atomic E-state index is 13.1. The Kier molecular flexibility index (Phi) is 9.27. The number of halogens is 1. The van der Waals surface area contributed by atoms with Gasteiger partial charge in [-0.05, 0) is 37.1 Å². The van der Waals surface area contributed by atoms with E-state index in [0.29, 0.717) is 28.6 Å². The van der Waals surface area contributed by atoms with Gasteiger partial charge in [-0.1, -0.05) is 18.5 Å². The second-order valence-electron chi connectivity index (χ2n) is 9.40. The average molecular weight is 588 g/mol. The zero-order chi connectivity index (χ0) is 29.1. The van der Waals surface area contributed by atoms with Crippen LogP contribution in [0, 0.1) is 6.92 Å². The minimum atomic E-state index is -0.476. The molecule has 10 nitrogen and oxygen atoms in total. The molecule has 0 saturated heterocycles. The van der Waals surface area contributed by atoms with Gasteiger partial charge >= 0.3 is 11.9 Å². The second-order valence-corrected chi connectivity index (χ2v) is 10.8. The summed E-state index contributed by atoms with van der Waals surface area (Å²) in [5.41, 5.74) is 7.15. The molecule has 0 aliphatic heterocycles. The van der Waals surface area contributed by atoms with Gasteiger partial charge in [0.2, 0.25) is 0 Å². The number of nitrogens with zero attached hydrogens (tertiary/aromatic N) is 5. The van der Waals surface area contributed by atoms with E-state index in [1.165, 1.54) is 14.2 Å². The van der Waals surface area contributed by atoms with Crippen LogP contribution < -0.4 is 0 Å². The molecule has 4 aromatic rings. The van der Waals surface area contributed by atoms with E-state index in [1.807, 2.05) is 55.4 Å². The maximum atomic E-state index is 13.1. The van der Waals surface area contributed by atoms with Gasteiger partial charge in [0.15, 0.2) is 0 Å². The molecule has 0 aliphatic carbocycles. The van der Waals surface area contributed by atoms with Gasteiger partial charge in [-0.3, -0.25) is 14.2 Å². The number of carbonyl (C=O) groups excluding carboxylic acids is 2. The molecular formula is C28H34ClN5O5S. The molecule has 0 aliphatic rings. The van der Waals surface area contributed by atoms with Crippen molar-refractivity contribution in [2.45, 2.75) is 51.3 Å². The molecule has 0 unspecified atom stereocenters. The largest absolute Gasteiger partial charge is 0.469 e. The van der Waals surface area contributed by atoms with Crippen LogP contribution in [0.3, 0.4) is 0 Å². The standard InChI is InChI=1S/C28H34ClN5O5S/c1-7-19-25-22(34(11-10-23(36)38-5)27(19)28(37)39-6)9-8-20(29)26(25)24-16(2)32(3)31-21(24)15-40-14-17-12-18(13-35)33(4)30-17/h8-9,12,35H,7,10-11,13-15H2,1-6H3. The Labute approximate surface area is 242 Å². The Bertz CT molecular complexity index is 1570. The molecule has 0 fully saturated rings. The Morgan fingerprint density at radius 2 is 1.82 bits per heavy atom. The van der Waals surface area contributed by atoms with Gasteiger partial charge in [0.1, 0.15) is 5.69 Å². The van der Waals surface area contributed by atoms with Crippen LogP contribution in [0.5, 0.6) is 0 Å². The summed E-state index contributed by atoms with van der Waals surface area (Å²) in [4.78, 5) is 25.1. The average Bonchev–Trinajstić information content (AvgIpc) is 3.56. The van der Waals surface area contributed by atoms with Crippen molar-refractivity contribution in [3.63, 3.8) is 0 Å². The van der Waals surface area contributed by atoms with E-state index in [1.54, 1.807) is 16.4 Å². The first-order valence-corrected chi connectivity index (χ1v) is 14.4. The third-order valence-corrected chi connectivity index (χ3v) is 8.41. The molecule has 0 saturated carbocycles. The third kappa shape index (κ3) is 5.50. The van der Waals surface area contributed by atoms with Crippen LogP contribution in [-0.4, -0.2) is 55.4 Å². The summed E-state index contributed by atoms with van der Waals surface area (Å²) in [7, 11) is 6.41. The molecule has 0 atom stereocenters. The van der Waals surface area contributed by atoms with E-state index in [2.05, 4.69) is 5.10 Å². The Morgan fingerprint density at radius 3 is 2.45 bits per heavy atom. The van der Waals surface area contributed by atoms with Gasteiger partial charge in [0, 0.05) is 64.9 Å². The fraction of sp³-hybridized carbons (Fsp3) is 0.429.